The van der Waals surface area contributed by atoms with Gasteiger partial charge in [-0.1, -0.05) is 54.4 Å². The lowest BCUT2D eigenvalue weighted by molar-refractivity contribution is 0.226. The quantitative estimate of drug-likeness (QED) is 0.579. The van der Waals surface area contributed by atoms with Gasteiger partial charge in [0.15, 0.2) is 0 Å². The summed E-state index contributed by atoms with van der Waals surface area (Å²) in [5.41, 5.74) is 0. The summed E-state index contributed by atoms with van der Waals surface area (Å²) in [4.78, 5) is 0. The van der Waals surface area contributed by atoms with Crippen molar-refractivity contribution in [1.29, 1.82) is 0 Å². The van der Waals surface area contributed by atoms with E-state index in [2.05, 4.69) is 41.5 Å². The van der Waals surface area contributed by atoms with Crippen LogP contribution >= 0.6 is 0 Å². The Bertz CT molecular complexity index is 105. The van der Waals surface area contributed by atoms with Crippen LogP contribution in [-0.4, -0.2) is 0 Å². The van der Waals surface area contributed by atoms with Gasteiger partial charge < -0.3 is 0 Å². The Hall–Kier alpha value is 0. The lowest BCUT2D eigenvalue weighted by atomic mass is 9.77. The number of hydrogen-bond donors (Lipinski definition) is 0. The first-order chi connectivity index (χ1) is 5.50. The molecule has 0 aromatic carbocycles. The molecule has 0 N–H and O–H groups in total. The van der Waals surface area contributed by atoms with Crippen LogP contribution in [0.25, 0.3) is 0 Å². The van der Waals surface area contributed by atoms with E-state index < -0.39 is 0 Å². The molecule has 0 aliphatic heterocycles. The first-order valence-electron chi connectivity index (χ1n) is 5.33. The highest BCUT2D eigenvalue weighted by Gasteiger charge is 2.20. The fraction of sp³-hybridized carbons (Fsp3) is 0.917. The molecule has 0 heteroatoms. The first-order valence-corrected chi connectivity index (χ1v) is 5.33. The molecule has 0 aromatic heterocycles. The van der Waals surface area contributed by atoms with E-state index in [1.54, 1.807) is 0 Å². The molecule has 0 saturated carbocycles. The maximum absolute atomic E-state index is 4.10. The molecule has 0 aliphatic carbocycles. The van der Waals surface area contributed by atoms with Crippen molar-refractivity contribution in [3.8, 4) is 0 Å². The third-order valence-electron chi connectivity index (χ3n) is 3.37. The summed E-state index contributed by atoms with van der Waals surface area (Å²) < 4.78 is 0. The minimum atomic E-state index is 0.583. The van der Waals surface area contributed by atoms with Crippen LogP contribution in [0.2, 0.25) is 0 Å². The number of rotatable bonds is 5. The van der Waals surface area contributed by atoms with Crippen molar-refractivity contribution in [3.05, 3.63) is 6.92 Å². The molecule has 0 fully saturated rings. The SMILES string of the molecule is [CH2]C(C)C(C)C(C)C(C)CCC. The van der Waals surface area contributed by atoms with Crippen molar-refractivity contribution < 1.29 is 0 Å². The summed E-state index contributed by atoms with van der Waals surface area (Å²) in [6, 6.07) is 0. The minimum Gasteiger partial charge on any atom is -0.0654 e. The highest BCUT2D eigenvalue weighted by atomic mass is 14.3. The van der Waals surface area contributed by atoms with Crippen molar-refractivity contribution in [2.75, 3.05) is 0 Å². The normalized spacial score (nSPS) is 19.2. The summed E-state index contributed by atoms with van der Waals surface area (Å²) in [6.45, 7) is 15.7. The van der Waals surface area contributed by atoms with Gasteiger partial charge in [-0.05, 0) is 23.7 Å². The van der Waals surface area contributed by atoms with Gasteiger partial charge in [-0.15, -0.1) is 0 Å². The van der Waals surface area contributed by atoms with Gasteiger partial charge in [-0.2, -0.15) is 0 Å². The Labute approximate surface area is 78.8 Å². The fourth-order valence-corrected chi connectivity index (χ4v) is 1.75. The van der Waals surface area contributed by atoms with Crippen LogP contribution in [0.5, 0.6) is 0 Å². The molecule has 0 saturated heterocycles. The molecule has 0 nitrogen and oxygen atoms in total. The van der Waals surface area contributed by atoms with Gasteiger partial charge >= 0.3 is 0 Å². The molecule has 0 rings (SSSR count). The smallest absolute Gasteiger partial charge is 0.0389 e. The Morgan fingerprint density at radius 1 is 1.00 bits per heavy atom. The average Bonchev–Trinajstić information content (AvgIpc) is 2.02. The van der Waals surface area contributed by atoms with E-state index in [1.165, 1.54) is 12.8 Å². The summed E-state index contributed by atoms with van der Waals surface area (Å²) in [6.07, 6.45) is 2.67. The second kappa shape index (κ2) is 5.61. The predicted octanol–water partition coefficient (Wildman–Crippen LogP) is 4.16. The Morgan fingerprint density at radius 2 is 1.50 bits per heavy atom. The summed E-state index contributed by atoms with van der Waals surface area (Å²) >= 11 is 0. The highest BCUT2D eigenvalue weighted by molar-refractivity contribution is 4.73. The molecule has 0 aliphatic rings. The second-order valence-corrected chi connectivity index (χ2v) is 4.46. The fourth-order valence-electron chi connectivity index (χ4n) is 1.75. The van der Waals surface area contributed by atoms with E-state index in [4.69, 9.17) is 0 Å². The maximum atomic E-state index is 4.10. The summed E-state index contributed by atoms with van der Waals surface area (Å²) in [7, 11) is 0. The van der Waals surface area contributed by atoms with Gasteiger partial charge in [0, 0.05) is 0 Å². The molecule has 0 bridgehead atoms. The zero-order valence-electron chi connectivity index (χ0n) is 9.43. The lowest BCUT2D eigenvalue weighted by Gasteiger charge is -2.28. The van der Waals surface area contributed by atoms with Gasteiger partial charge in [0.1, 0.15) is 0 Å². The third kappa shape index (κ3) is 3.60. The van der Waals surface area contributed by atoms with Crippen LogP contribution < -0.4 is 0 Å². The Kier molecular flexibility index (Phi) is 5.61. The molecule has 4 atom stereocenters. The van der Waals surface area contributed by atoms with Crippen molar-refractivity contribution in [2.45, 2.75) is 47.5 Å². The van der Waals surface area contributed by atoms with Crippen molar-refractivity contribution in [1.82, 2.24) is 0 Å². The standard InChI is InChI=1S/C12H25/c1-7-8-10(4)12(6)11(5)9(2)3/h9-12H,2,7-8H2,1,3-6H3. The van der Waals surface area contributed by atoms with Crippen LogP contribution in [-0.2, 0) is 0 Å². The molecule has 0 heterocycles. The molecule has 0 aromatic rings. The summed E-state index contributed by atoms with van der Waals surface area (Å²) in [5.74, 6) is 3.01. The van der Waals surface area contributed by atoms with Crippen molar-refractivity contribution in [2.24, 2.45) is 23.7 Å². The zero-order chi connectivity index (χ0) is 9.72. The monoisotopic (exact) mass is 169 g/mol. The molecule has 4 unspecified atom stereocenters. The molecule has 12 heavy (non-hydrogen) atoms. The van der Waals surface area contributed by atoms with Gasteiger partial charge in [-0.25, -0.2) is 0 Å². The molecule has 1 radical (unpaired) electrons. The largest absolute Gasteiger partial charge is 0.0654 e. The van der Waals surface area contributed by atoms with Crippen LogP contribution in [0.3, 0.4) is 0 Å². The third-order valence-corrected chi connectivity index (χ3v) is 3.37. The van der Waals surface area contributed by atoms with Gasteiger partial charge in [0.25, 0.3) is 0 Å². The van der Waals surface area contributed by atoms with Gasteiger partial charge in [0.05, 0.1) is 0 Å². The zero-order valence-corrected chi connectivity index (χ0v) is 9.43. The van der Waals surface area contributed by atoms with E-state index in [0.717, 1.165) is 17.8 Å². The number of hydrogen-bond acceptors (Lipinski definition) is 0. The van der Waals surface area contributed by atoms with Crippen LogP contribution in [0.4, 0.5) is 0 Å². The summed E-state index contributed by atoms with van der Waals surface area (Å²) in [5, 5.41) is 0. The van der Waals surface area contributed by atoms with Gasteiger partial charge in [0.2, 0.25) is 0 Å². The second-order valence-electron chi connectivity index (χ2n) is 4.46. The van der Waals surface area contributed by atoms with E-state index in [-0.39, 0.29) is 0 Å². The van der Waals surface area contributed by atoms with Crippen LogP contribution in [0.1, 0.15) is 47.5 Å². The van der Waals surface area contributed by atoms with E-state index >= 15 is 0 Å². The minimum absolute atomic E-state index is 0.583. The Morgan fingerprint density at radius 3 is 1.83 bits per heavy atom. The van der Waals surface area contributed by atoms with E-state index in [9.17, 15) is 0 Å². The first kappa shape index (κ1) is 12.0. The Balaban J connectivity index is 3.90. The van der Waals surface area contributed by atoms with Crippen LogP contribution in [0.15, 0.2) is 0 Å². The molecular weight excluding hydrogens is 144 g/mol. The van der Waals surface area contributed by atoms with Crippen molar-refractivity contribution in [3.63, 3.8) is 0 Å². The lowest BCUT2D eigenvalue weighted by Crippen LogP contribution is -2.20. The average molecular weight is 169 g/mol. The van der Waals surface area contributed by atoms with Crippen molar-refractivity contribution >= 4 is 0 Å². The van der Waals surface area contributed by atoms with Crippen LogP contribution in [0, 0.1) is 30.6 Å². The molecular formula is C12H25. The molecule has 73 valence electrons. The van der Waals surface area contributed by atoms with E-state index in [1.807, 2.05) is 0 Å². The topological polar surface area (TPSA) is 0 Å². The highest BCUT2D eigenvalue weighted by Crippen LogP contribution is 2.28. The van der Waals surface area contributed by atoms with Gasteiger partial charge in [-0.3, -0.25) is 0 Å². The molecule has 0 amide bonds. The van der Waals surface area contributed by atoms with E-state index in [0.29, 0.717) is 5.92 Å². The molecule has 0 spiro atoms. The predicted molar refractivity (Wildman–Crippen MR) is 56.9 cm³/mol. The maximum Gasteiger partial charge on any atom is -0.0389 e.